The Balaban J connectivity index is 2.32. The van der Waals surface area contributed by atoms with Crippen molar-refractivity contribution in [2.75, 3.05) is 18.5 Å². The third kappa shape index (κ3) is 5.77. The predicted molar refractivity (Wildman–Crippen MR) is 118 cm³/mol. The highest BCUT2D eigenvalue weighted by Crippen LogP contribution is 2.35. The summed E-state index contributed by atoms with van der Waals surface area (Å²) in [6, 6.07) is 12.8. The Bertz CT molecular complexity index is 967. The van der Waals surface area contributed by atoms with Crippen molar-refractivity contribution in [3.8, 4) is 29.9 Å². The van der Waals surface area contributed by atoms with Crippen LogP contribution in [0.2, 0.25) is 0 Å². The van der Waals surface area contributed by atoms with Crippen LogP contribution in [0, 0.1) is 34.2 Å². The maximum absolute atomic E-state index is 12.5. The van der Waals surface area contributed by atoms with Crippen molar-refractivity contribution in [3.05, 3.63) is 56.7 Å². The molecule has 5 nitrogen and oxygen atoms in total. The van der Waals surface area contributed by atoms with E-state index < -0.39 is 5.91 Å². The van der Waals surface area contributed by atoms with Gasteiger partial charge < -0.3 is 14.8 Å². The lowest BCUT2D eigenvalue weighted by Crippen LogP contribution is -2.13. The normalized spacial score (nSPS) is 10.5. The Labute approximate surface area is 178 Å². The molecule has 0 saturated carbocycles. The molecule has 28 heavy (non-hydrogen) atoms. The number of anilines is 1. The molecule has 1 amide bonds. The molecule has 0 heterocycles. The largest absolute Gasteiger partial charge is 0.490 e. The van der Waals surface area contributed by atoms with Gasteiger partial charge in [-0.3, -0.25) is 4.79 Å². The third-order valence-electron chi connectivity index (χ3n) is 3.62. The van der Waals surface area contributed by atoms with Crippen LogP contribution in [0.15, 0.2) is 42.0 Å². The van der Waals surface area contributed by atoms with Crippen LogP contribution in [0.3, 0.4) is 0 Å². The average molecular weight is 486 g/mol. The second kappa shape index (κ2) is 10.4. The summed E-state index contributed by atoms with van der Waals surface area (Å²) in [7, 11) is 0. The van der Waals surface area contributed by atoms with Crippen molar-refractivity contribution >= 4 is 40.3 Å². The zero-order chi connectivity index (χ0) is 20.5. The molecule has 0 radical (unpaired) electrons. The van der Waals surface area contributed by atoms with E-state index in [0.29, 0.717) is 29.4 Å². The van der Waals surface area contributed by atoms with E-state index in [0.717, 1.165) is 9.13 Å². The van der Waals surface area contributed by atoms with E-state index in [1.54, 1.807) is 24.3 Å². The quantitative estimate of drug-likeness (QED) is 0.270. The van der Waals surface area contributed by atoms with Gasteiger partial charge in [0.15, 0.2) is 11.5 Å². The summed E-state index contributed by atoms with van der Waals surface area (Å²) in [5.41, 5.74) is 2.34. The van der Waals surface area contributed by atoms with E-state index in [1.807, 2.05) is 32.0 Å². The monoisotopic (exact) mass is 486 g/mol. The molecule has 0 fully saturated rings. The van der Waals surface area contributed by atoms with Crippen molar-refractivity contribution in [2.45, 2.75) is 13.8 Å². The first-order valence-corrected chi connectivity index (χ1v) is 9.58. The number of rotatable bonds is 7. The van der Waals surface area contributed by atoms with Crippen LogP contribution in [-0.2, 0) is 4.79 Å². The van der Waals surface area contributed by atoms with E-state index in [1.165, 1.54) is 6.08 Å². The number of carbonyl (C=O) groups excluding carboxylic acids is 1. The molecular weight excluding hydrogens is 467 g/mol. The van der Waals surface area contributed by atoms with Crippen LogP contribution >= 0.6 is 22.6 Å². The minimum Gasteiger partial charge on any atom is -0.490 e. The van der Waals surface area contributed by atoms with Crippen molar-refractivity contribution in [1.82, 2.24) is 0 Å². The molecule has 2 rings (SSSR count). The summed E-state index contributed by atoms with van der Waals surface area (Å²) in [5, 5.41) is 12.2. The lowest BCUT2D eigenvalue weighted by molar-refractivity contribution is -0.112. The standard InChI is InChI=1S/C22H19IN2O3/c1-4-10-28-21-19(23)12-16(13-20(21)27-5-2)11-17(14-24)22(26)25-18-8-6-15(3)7-9-18/h1,6-9,11-13H,5,10H2,2-3H3,(H,25,26)/b17-11+. The molecule has 0 aromatic heterocycles. The van der Waals surface area contributed by atoms with Crippen LogP contribution < -0.4 is 14.8 Å². The number of aryl methyl sites for hydroxylation is 1. The fourth-order valence-corrected chi connectivity index (χ4v) is 3.12. The summed E-state index contributed by atoms with van der Waals surface area (Å²) in [6.45, 7) is 4.37. The molecule has 1 N–H and O–H groups in total. The number of hydrogen-bond donors (Lipinski definition) is 1. The Kier molecular flexibility index (Phi) is 7.91. The Hall–Kier alpha value is -2.97. The number of benzene rings is 2. The smallest absolute Gasteiger partial charge is 0.266 e. The van der Waals surface area contributed by atoms with Gasteiger partial charge in [0.2, 0.25) is 0 Å². The summed E-state index contributed by atoms with van der Waals surface area (Å²) < 4.78 is 12.0. The number of ether oxygens (including phenoxy) is 2. The van der Waals surface area contributed by atoms with Crippen LogP contribution in [0.25, 0.3) is 6.08 Å². The maximum Gasteiger partial charge on any atom is 0.266 e. The van der Waals surface area contributed by atoms with Crippen molar-refractivity contribution in [3.63, 3.8) is 0 Å². The second-order valence-electron chi connectivity index (χ2n) is 5.75. The molecular formula is C22H19IN2O3. The van der Waals surface area contributed by atoms with Gasteiger partial charge in [0.05, 0.1) is 10.2 Å². The molecule has 0 saturated heterocycles. The van der Waals surface area contributed by atoms with E-state index >= 15 is 0 Å². The zero-order valence-corrected chi connectivity index (χ0v) is 17.7. The number of hydrogen-bond acceptors (Lipinski definition) is 4. The number of halogens is 1. The molecule has 0 bridgehead atoms. The third-order valence-corrected chi connectivity index (χ3v) is 4.42. The van der Waals surface area contributed by atoms with Gasteiger partial charge in [-0.25, -0.2) is 0 Å². The molecule has 2 aromatic carbocycles. The highest BCUT2D eigenvalue weighted by atomic mass is 127. The van der Waals surface area contributed by atoms with Gasteiger partial charge >= 0.3 is 0 Å². The van der Waals surface area contributed by atoms with E-state index in [2.05, 4.69) is 33.8 Å². The van der Waals surface area contributed by atoms with Crippen LogP contribution in [0.4, 0.5) is 5.69 Å². The number of amides is 1. The van der Waals surface area contributed by atoms with Crippen molar-refractivity contribution < 1.29 is 14.3 Å². The summed E-state index contributed by atoms with van der Waals surface area (Å²) in [6.07, 6.45) is 6.77. The number of nitrogens with zero attached hydrogens (tertiary/aromatic N) is 1. The molecule has 0 aliphatic carbocycles. The molecule has 0 unspecified atom stereocenters. The Morgan fingerprint density at radius 2 is 2.00 bits per heavy atom. The van der Waals surface area contributed by atoms with Gasteiger partial charge in [-0.15, -0.1) is 6.42 Å². The summed E-state index contributed by atoms with van der Waals surface area (Å²) >= 11 is 2.10. The SMILES string of the molecule is C#CCOc1c(I)cc(/C=C(\C#N)C(=O)Nc2ccc(C)cc2)cc1OCC. The molecule has 142 valence electrons. The minimum atomic E-state index is -0.480. The number of carbonyl (C=O) groups is 1. The van der Waals surface area contributed by atoms with Gasteiger partial charge in [0.25, 0.3) is 5.91 Å². The average Bonchev–Trinajstić information content (AvgIpc) is 2.67. The van der Waals surface area contributed by atoms with E-state index in [-0.39, 0.29) is 12.2 Å². The van der Waals surface area contributed by atoms with Gasteiger partial charge in [-0.2, -0.15) is 5.26 Å². The molecule has 0 aliphatic heterocycles. The molecule has 0 atom stereocenters. The summed E-state index contributed by atoms with van der Waals surface area (Å²) in [5.74, 6) is 2.99. The lowest BCUT2D eigenvalue weighted by Gasteiger charge is -2.13. The summed E-state index contributed by atoms with van der Waals surface area (Å²) in [4.78, 5) is 12.5. The van der Waals surface area contributed by atoms with Gasteiger partial charge in [-0.1, -0.05) is 23.6 Å². The van der Waals surface area contributed by atoms with Gasteiger partial charge in [0.1, 0.15) is 18.2 Å². The number of nitrogens with one attached hydrogen (secondary N) is 1. The highest BCUT2D eigenvalue weighted by molar-refractivity contribution is 14.1. The maximum atomic E-state index is 12.5. The lowest BCUT2D eigenvalue weighted by atomic mass is 10.1. The topological polar surface area (TPSA) is 71.3 Å². The first kappa shape index (κ1) is 21.3. The van der Waals surface area contributed by atoms with E-state index in [9.17, 15) is 10.1 Å². The number of nitriles is 1. The first-order chi connectivity index (χ1) is 13.5. The fraction of sp³-hybridized carbons (Fsp3) is 0.182. The van der Waals surface area contributed by atoms with Crippen molar-refractivity contribution in [2.24, 2.45) is 0 Å². The van der Waals surface area contributed by atoms with Gasteiger partial charge in [-0.05, 0) is 72.3 Å². The number of terminal acetylenes is 1. The van der Waals surface area contributed by atoms with Crippen molar-refractivity contribution in [1.29, 1.82) is 5.26 Å². The zero-order valence-electron chi connectivity index (χ0n) is 15.6. The minimum absolute atomic E-state index is 0.0175. The Morgan fingerprint density at radius 1 is 1.29 bits per heavy atom. The molecule has 6 heteroatoms. The predicted octanol–water partition coefficient (Wildman–Crippen LogP) is 4.56. The van der Waals surface area contributed by atoms with Crippen LogP contribution in [0.1, 0.15) is 18.1 Å². The highest BCUT2D eigenvalue weighted by Gasteiger charge is 2.14. The molecule has 2 aromatic rings. The first-order valence-electron chi connectivity index (χ1n) is 8.51. The van der Waals surface area contributed by atoms with Crippen LogP contribution in [-0.4, -0.2) is 19.1 Å². The van der Waals surface area contributed by atoms with Gasteiger partial charge in [0, 0.05) is 5.69 Å². The van der Waals surface area contributed by atoms with E-state index in [4.69, 9.17) is 15.9 Å². The molecule has 0 aliphatic rings. The van der Waals surface area contributed by atoms with Crippen LogP contribution in [0.5, 0.6) is 11.5 Å². The molecule has 0 spiro atoms. The Morgan fingerprint density at radius 3 is 2.61 bits per heavy atom. The second-order valence-corrected chi connectivity index (χ2v) is 6.91. The fourth-order valence-electron chi connectivity index (χ4n) is 2.34.